The highest BCUT2D eigenvalue weighted by atomic mass is 35.5. The molecule has 116 valence electrons. The van der Waals surface area contributed by atoms with Crippen LogP contribution in [0.4, 0.5) is 5.69 Å². The molecule has 1 amide bonds. The Morgan fingerprint density at radius 3 is 2.57 bits per heavy atom. The first-order chi connectivity index (χ1) is 11.1. The lowest BCUT2D eigenvalue weighted by Crippen LogP contribution is -2.37. The van der Waals surface area contributed by atoms with E-state index in [0.29, 0.717) is 16.4 Å². The van der Waals surface area contributed by atoms with Crippen LogP contribution in [0.1, 0.15) is 11.1 Å². The molecule has 0 spiro atoms. The Kier molecular flexibility index (Phi) is 4.12. The number of carbonyl (C=O) groups is 2. The zero-order chi connectivity index (χ0) is 16.4. The summed E-state index contributed by atoms with van der Waals surface area (Å²) in [6, 6.07) is 14.3. The van der Waals surface area contributed by atoms with Crippen LogP contribution in [0, 0.1) is 0 Å². The van der Waals surface area contributed by atoms with Crippen LogP contribution in [-0.4, -0.2) is 35.8 Å². The van der Waals surface area contributed by atoms with E-state index < -0.39 is 5.97 Å². The van der Waals surface area contributed by atoms with E-state index in [1.54, 1.807) is 24.3 Å². The molecule has 2 aromatic carbocycles. The molecule has 6 heteroatoms. The highest BCUT2D eigenvalue weighted by molar-refractivity contribution is 6.30. The summed E-state index contributed by atoms with van der Waals surface area (Å²) in [7, 11) is 0. The molecule has 1 aliphatic heterocycles. The number of rotatable bonds is 3. The summed E-state index contributed by atoms with van der Waals surface area (Å²) in [5.74, 6) is -1.41. The monoisotopic (exact) mass is 328 g/mol. The molecule has 1 heterocycles. The van der Waals surface area contributed by atoms with E-state index >= 15 is 0 Å². The van der Waals surface area contributed by atoms with Crippen molar-refractivity contribution in [2.75, 3.05) is 18.0 Å². The average molecular weight is 329 g/mol. The van der Waals surface area contributed by atoms with Crippen molar-refractivity contribution >= 4 is 34.9 Å². The molecule has 0 saturated heterocycles. The van der Waals surface area contributed by atoms with Gasteiger partial charge in [-0.15, -0.1) is 0 Å². The Morgan fingerprint density at radius 1 is 1.17 bits per heavy atom. The molecule has 0 aromatic heterocycles. The van der Waals surface area contributed by atoms with Crippen molar-refractivity contribution in [3.8, 4) is 0 Å². The van der Waals surface area contributed by atoms with Crippen LogP contribution >= 0.6 is 11.6 Å². The van der Waals surface area contributed by atoms with Gasteiger partial charge in [0.05, 0.1) is 11.4 Å². The van der Waals surface area contributed by atoms with Gasteiger partial charge < -0.3 is 5.11 Å². The van der Waals surface area contributed by atoms with E-state index in [4.69, 9.17) is 16.7 Å². The molecule has 1 aliphatic rings. The standard InChI is InChI=1S/C17H13ClN2O3/c18-12-7-5-11(6-8-12)17-13-3-1-2-4-14(13)20(10-16(22)23)15(21)9-19-17/h1-8H,9-10H2,(H,22,23). The predicted octanol–water partition coefficient (Wildman–Crippen LogP) is 2.61. The zero-order valence-electron chi connectivity index (χ0n) is 12.1. The highest BCUT2D eigenvalue weighted by Crippen LogP contribution is 2.27. The molecule has 2 aromatic rings. The number of fused-ring (bicyclic) bond motifs is 1. The van der Waals surface area contributed by atoms with Gasteiger partial charge >= 0.3 is 5.97 Å². The first-order valence-corrected chi connectivity index (χ1v) is 7.36. The molecule has 3 rings (SSSR count). The van der Waals surface area contributed by atoms with E-state index in [1.807, 2.05) is 24.3 Å². The lowest BCUT2D eigenvalue weighted by Gasteiger charge is -2.21. The first kappa shape index (κ1) is 15.2. The van der Waals surface area contributed by atoms with Gasteiger partial charge in [0.1, 0.15) is 13.1 Å². The summed E-state index contributed by atoms with van der Waals surface area (Å²) in [5.41, 5.74) is 2.75. The Hall–Kier alpha value is -2.66. The van der Waals surface area contributed by atoms with E-state index in [1.165, 1.54) is 4.90 Å². The van der Waals surface area contributed by atoms with Crippen LogP contribution in [0.3, 0.4) is 0 Å². The average Bonchev–Trinajstić information content (AvgIpc) is 2.66. The first-order valence-electron chi connectivity index (χ1n) is 6.98. The highest BCUT2D eigenvalue weighted by Gasteiger charge is 2.26. The van der Waals surface area contributed by atoms with Crippen LogP contribution in [-0.2, 0) is 9.59 Å². The number of hydrogen-bond acceptors (Lipinski definition) is 3. The van der Waals surface area contributed by atoms with E-state index in [-0.39, 0.29) is 19.0 Å². The number of carbonyl (C=O) groups excluding carboxylic acids is 1. The van der Waals surface area contributed by atoms with Crippen molar-refractivity contribution in [2.24, 2.45) is 4.99 Å². The molecule has 0 radical (unpaired) electrons. The lowest BCUT2D eigenvalue weighted by atomic mass is 10.0. The molecule has 0 unspecified atom stereocenters. The van der Waals surface area contributed by atoms with Crippen LogP contribution in [0.5, 0.6) is 0 Å². The number of amides is 1. The smallest absolute Gasteiger partial charge is 0.323 e. The van der Waals surface area contributed by atoms with Gasteiger partial charge in [-0.3, -0.25) is 19.5 Å². The summed E-state index contributed by atoms with van der Waals surface area (Å²) in [6.45, 7) is -0.487. The molecule has 0 aliphatic carbocycles. The second-order valence-corrected chi connectivity index (χ2v) is 5.50. The molecule has 0 fully saturated rings. The van der Waals surface area contributed by atoms with Gasteiger partial charge in [-0.1, -0.05) is 41.9 Å². The minimum atomic E-state index is -1.07. The molecule has 1 N–H and O–H groups in total. The summed E-state index contributed by atoms with van der Waals surface area (Å²) < 4.78 is 0. The third-order valence-electron chi connectivity index (χ3n) is 3.53. The van der Waals surface area contributed by atoms with Crippen molar-refractivity contribution < 1.29 is 14.7 Å². The number of anilines is 1. The van der Waals surface area contributed by atoms with Crippen LogP contribution in [0.2, 0.25) is 5.02 Å². The van der Waals surface area contributed by atoms with Gasteiger partial charge in [0.15, 0.2) is 0 Å². The molecular weight excluding hydrogens is 316 g/mol. The maximum absolute atomic E-state index is 12.3. The predicted molar refractivity (Wildman–Crippen MR) is 88.4 cm³/mol. The number of benzodiazepines with no additional fused rings is 1. The number of halogens is 1. The minimum absolute atomic E-state index is 0.0973. The fourth-order valence-corrected chi connectivity index (χ4v) is 2.65. The lowest BCUT2D eigenvalue weighted by molar-refractivity contribution is -0.136. The molecule has 0 atom stereocenters. The molecule has 0 saturated carbocycles. The number of carboxylic acid groups (broad SMARTS) is 1. The van der Waals surface area contributed by atoms with Crippen LogP contribution < -0.4 is 4.90 Å². The second-order valence-electron chi connectivity index (χ2n) is 5.06. The van der Waals surface area contributed by atoms with Gasteiger partial charge in [0, 0.05) is 16.1 Å². The van der Waals surface area contributed by atoms with Crippen molar-refractivity contribution in [3.63, 3.8) is 0 Å². The van der Waals surface area contributed by atoms with Gasteiger partial charge in [-0.05, 0) is 18.2 Å². The zero-order valence-corrected chi connectivity index (χ0v) is 12.8. The minimum Gasteiger partial charge on any atom is -0.480 e. The summed E-state index contributed by atoms with van der Waals surface area (Å²) in [6.07, 6.45) is 0. The molecule has 23 heavy (non-hydrogen) atoms. The Labute approximate surface area is 137 Å². The van der Waals surface area contributed by atoms with Crippen LogP contribution in [0.15, 0.2) is 53.5 Å². The summed E-state index contributed by atoms with van der Waals surface area (Å²) in [4.78, 5) is 29.0. The number of aliphatic carboxylic acids is 1. The van der Waals surface area contributed by atoms with E-state index in [2.05, 4.69) is 4.99 Å². The van der Waals surface area contributed by atoms with Crippen molar-refractivity contribution in [1.82, 2.24) is 0 Å². The fraction of sp³-hybridized carbons (Fsp3) is 0.118. The van der Waals surface area contributed by atoms with Gasteiger partial charge in [-0.2, -0.15) is 0 Å². The maximum Gasteiger partial charge on any atom is 0.323 e. The Bertz CT molecular complexity index is 800. The summed E-state index contributed by atoms with van der Waals surface area (Å²) in [5, 5.41) is 9.68. The largest absolute Gasteiger partial charge is 0.480 e. The van der Waals surface area contributed by atoms with Gasteiger partial charge in [-0.25, -0.2) is 0 Å². The fourth-order valence-electron chi connectivity index (χ4n) is 2.52. The van der Waals surface area contributed by atoms with Gasteiger partial charge in [0.25, 0.3) is 0 Å². The number of para-hydroxylation sites is 1. The molecule has 5 nitrogen and oxygen atoms in total. The third kappa shape index (κ3) is 3.10. The summed E-state index contributed by atoms with van der Waals surface area (Å²) >= 11 is 5.92. The number of benzene rings is 2. The van der Waals surface area contributed by atoms with Crippen molar-refractivity contribution in [3.05, 3.63) is 64.7 Å². The van der Waals surface area contributed by atoms with Crippen molar-refractivity contribution in [2.45, 2.75) is 0 Å². The number of aliphatic imine (C=N–C) groups is 1. The molecule has 0 bridgehead atoms. The van der Waals surface area contributed by atoms with Gasteiger partial charge in [0.2, 0.25) is 5.91 Å². The van der Waals surface area contributed by atoms with E-state index in [0.717, 1.165) is 11.1 Å². The molecular formula is C17H13ClN2O3. The maximum atomic E-state index is 12.3. The third-order valence-corrected chi connectivity index (χ3v) is 3.79. The number of hydrogen-bond donors (Lipinski definition) is 1. The quantitative estimate of drug-likeness (QED) is 0.941. The normalized spacial score (nSPS) is 14.0. The van der Waals surface area contributed by atoms with Crippen LogP contribution in [0.25, 0.3) is 0 Å². The number of nitrogens with zero attached hydrogens (tertiary/aromatic N) is 2. The number of carboxylic acids is 1. The van der Waals surface area contributed by atoms with E-state index in [9.17, 15) is 9.59 Å². The SMILES string of the molecule is O=C(O)CN1C(=O)CN=C(c2ccc(Cl)cc2)c2ccccc21. The van der Waals surface area contributed by atoms with Crippen molar-refractivity contribution in [1.29, 1.82) is 0 Å². The Balaban J connectivity index is 2.13. The second kappa shape index (κ2) is 6.22. The Morgan fingerprint density at radius 2 is 1.87 bits per heavy atom. The topological polar surface area (TPSA) is 70.0 Å².